The summed E-state index contributed by atoms with van der Waals surface area (Å²) in [4.78, 5) is 2.16. The van der Waals surface area contributed by atoms with Crippen molar-refractivity contribution < 1.29 is 5.11 Å². The fraction of sp³-hybridized carbons (Fsp3) is 0.714. The van der Waals surface area contributed by atoms with Crippen LogP contribution in [0.4, 0.5) is 5.13 Å². The van der Waals surface area contributed by atoms with E-state index >= 15 is 0 Å². The second-order valence-electron chi connectivity index (χ2n) is 3.32. The van der Waals surface area contributed by atoms with Crippen LogP contribution in [0.2, 0.25) is 0 Å². The maximum Gasteiger partial charge on any atom is 0.219 e. The number of aliphatic hydroxyl groups is 1. The number of β-amino-alcohol motifs (C(OH)–C–C–N with tert-alkyl or cyclic N) is 1. The molecule has 0 spiro atoms. The molecule has 7 heteroatoms. The van der Waals surface area contributed by atoms with Crippen LogP contribution in [0.1, 0.15) is 11.4 Å². The van der Waals surface area contributed by atoms with Crippen LogP contribution in [0.5, 0.6) is 0 Å². The molecule has 0 aliphatic carbocycles. The first-order chi connectivity index (χ1) is 6.78. The minimum atomic E-state index is -0.185. The third-order valence-electron chi connectivity index (χ3n) is 2.20. The van der Waals surface area contributed by atoms with Crippen LogP contribution in [-0.2, 0) is 6.54 Å². The second kappa shape index (κ2) is 4.18. The summed E-state index contributed by atoms with van der Waals surface area (Å²) in [5.41, 5.74) is 2.46. The van der Waals surface area contributed by atoms with E-state index in [1.165, 1.54) is 11.3 Å². The zero-order valence-corrected chi connectivity index (χ0v) is 8.50. The van der Waals surface area contributed by atoms with Crippen LogP contribution < -0.4 is 11.3 Å². The molecule has 1 saturated heterocycles. The van der Waals surface area contributed by atoms with E-state index in [0.29, 0.717) is 5.13 Å². The molecule has 0 saturated carbocycles. The summed E-state index contributed by atoms with van der Waals surface area (Å²) < 4.78 is 0. The van der Waals surface area contributed by atoms with E-state index in [1.807, 2.05) is 0 Å². The van der Waals surface area contributed by atoms with Gasteiger partial charge in [0.25, 0.3) is 0 Å². The maximum atomic E-state index is 9.32. The quantitative estimate of drug-likeness (QED) is 0.460. The number of nitrogens with one attached hydrogen (secondary N) is 1. The third-order valence-corrected chi connectivity index (χ3v) is 3.04. The number of aliphatic hydroxyl groups excluding tert-OH is 1. The van der Waals surface area contributed by atoms with Gasteiger partial charge in [0.2, 0.25) is 5.13 Å². The lowest BCUT2D eigenvalue weighted by Crippen LogP contribution is -2.21. The number of likely N-dealkylation sites (tertiary alicyclic amines) is 1. The lowest BCUT2D eigenvalue weighted by atomic mass is 10.3. The van der Waals surface area contributed by atoms with Crippen LogP contribution in [0.25, 0.3) is 0 Å². The number of nitrogens with zero attached hydrogens (tertiary/aromatic N) is 3. The first-order valence-corrected chi connectivity index (χ1v) is 5.29. The number of rotatable bonds is 3. The fourth-order valence-corrected chi connectivity index (χ4v) is 2.22. The molecule has 6 nitrogen and oxygen atoms in total. The van der Waals surface area contributed by atoms with Gasteiger partial charge in [0.15, 0.2) is 0 Å². The van der Waals surface area contributed by atoms with Crippen molar-refractivity contribution in [3.05, 3.63) is 5.01 Å². The highest BCUT2D eigenvalue weighted by Gasteiger charge is 2.21. The van der Waals surface area contributed by atoms with Crippen molar-refractivity contribution in [2.24, 2.45) is 5.84 Å². The maximum absolute atomic E-state index is 9.32. The highest BCUT2D eigenvalue weighted by atomic mass is 32.1. The van der Waals surface area contributed by atoms with E-state index in [4.69, 9.17) is 5.84 Å². The predicted octanol–water partition coefficient (Wildman–Crippen LogP) is -0.610. The van der Waals surface area contributed by atoms with Crippen molar-refractivity contribution in [3.63, 3.8) is 0 Å². The SMILES string of the molecule is NNc1nnc(CN2CCC(O)C2)s1. The molecule has 0 aromatic carbocycles. The highest BCUT2D eigenvalue weighted by molar-refractivity contribution is 7.15. The average Bonchev–Trinajstić information content (AvgIpc) is 2.76. The van der Waals surface area contributed by atoms with E-state index in [9.17, 15) is 5.11 Å². The van der Waals surface area contributed by atoms with Crippen LogP contribution in [0.15, 0.2) is 0 Å². The minimum Gasteiger partial charge on any atom is -0.392 e. The first kappa shape index (κ1) is 9.78. The van der Waals surface area contributed by atoms with E-state index in [1.54, 1.807) is 0 Å². The molecule has 1 atom stereocenters. The summed E-state index contributed by atoms with van der Waals surface area (Å²) in [6.45, 7) is 2.40. The van der Waals surface area contributed by atoms with Crippen molar-refractivity contribution in [2.75, 3.05) is 18.5 Å². The monoisotopic (exact) mass is 215 g/mol. The first-order valence-electron chi connectivity index (χ1n) is 4.47. The third kappa shape index (κ3) is 2.18. The van der Waals surface area contributed by atoms with Gasteiger partial charge in [0.1, 0.15) is 5.01 Å². The Bertz CT molecular complexity index is 304. The zero-order chi connectivity index (χ0) is 9.97. The molecule has 0 bridgehead atoms. The van der Waals surface area contributed by atoms with Crippen molar-refractivity contribution in [3.8, 4) is 0 Å². The van der Waals surface area contributed by atoms with Gasteiger partial charge < -0.3 is 5.11 Å². The molecule has 1 aliphatic rings. The number of hydrogen-bond donors (Lipinski definition) is 3. The molecule has 2 rings (SSSR count). The molecule has 2 heterocycles. The Balaban J connectivity index is 1.90. The molecule has 4 N–H and O–H groups in total. The molecular weight excluding hydrogens is 202 g/mol. The topological polar surface area (TPSA) is 87.3 Å². The Hall–Kier alpha value is -0.760. The smallest absolute Gasteiger partial charge is 0.219 e. The Morgan fingerprint density at radius 3 is 3.07 bits per heavy atom. The molecule has 1 aromatic rings. The summed E-state index contributed by atoms with van der Waals surface area (Å²) in [7, 11) is 0. The number of hydrogen-bond acceptors (Lipinski definition) is 7. The van der Waals surface area contributed by atoms with Crippen LogP contribution in [-0.4, -0.2) is 39.4 Å². The highest BCUT2D eigenvalue weighted by Crippen LogP contribution is 2.18. The van der Waals surface area contributed by atoms with Gasteiger partial charge in [-0.2, -0.15) is 0 Å². The Morgan fingerprint density at radius 1 is 1.64 bits per heavy atom. The van der Waals surface area contributed by atoms with Gasteiger partial charge in [-0.3, -0.25) is 10.3 Å². The number of anilines is 1. The Labute approximate surface area is 85.7 Å². The minimum absolute atomic E-state index is 0.185. The molecule has 78 valence electrons. The Morgan fingerprint density at radius 2 is 2.50 bits per heavy atom. The van der Waals surface area contributed by atoms with Gasteiger partial charge in [-0.25, -0.2) is 5.84 Å². The van der Waals surface area contributed by atoms with Crippen molar-refractivity contribution in [1.82, 2.24) is 15.1 Å². The van der Waals surface area contributed by atoms with Gasteiger partial charge >= 0.3 is 0 Å². The Kier molecular flexibility index (Phi) is 2.92. The van der Waals surface area contributed by atoms with Crippen molar-refractivity contribution in [1.29, 1.82) is 0 Å². The number of aromatic nitrogens is 2. The van der Waals surface area contributed by atoms with Gasteiger partial charge in [-0.05, 0) is 6.42 Å². The molecule has 1 fully saturated rings. The normalized spacial score (nSPS) is 22.9. The molecule has 1 aromatic heterocycles. The largest absolute Gasteiger partial charge is 0.392 e. The summed E-state index contributed by atoms with van der Waals surface area (Å²) in [5, 5.41) is 18.7. The lowest BCUT2D eigenvalue weighted by molar-refractivity contribution is 0.174. The number of hydrazine groups is 1. The van der Waals surface area contributed by atoms with Crippen LogP contribution in [0.3, 0.4) is 0 Å². The summed E-state index contributed by atoms with van der Waals surface area (Å²) in [5.74, 6) is 5.20. The molecule has 0 amide bonds. The summed E-state index contributed by atoms with van der Waals surface area (Å²) >= 11 is 1.44. The summed E-state index contributed by atoms with van der Waals surface area (Å²) in [6, 6.07) is 0. The molecule has 0 radical (unpaired) electrons. The molecule has 1 aliphatic heterocycles. The van der Waals surface area contributed by atoms with Gasteiger partial charge in [0, 0.05) is 13.1 Å². The second-order valence-corrected chi connectivity index (χ2v) is 4.38. The van der Waals surface area contributed by atoms with Gasteiger partial charge in [-0.15, -0.1) is 10.2 Å². The summed E-state index contributed by atoms with van der Waals surface area (Å²) in [6.07, 6.45) is 0.663. The van der Waals surface area contributed by atoms with E-state index in [-0.39, 0.29) is 6.10 Å². The van der Waals surface area contributed by atoms with Crippen LogP contribution >= 0.6 is 11.3 Å². The van der Waals surface area contributed by atoms with E-state index in [0.717, 1.165) is 31.1 Å². The van der Waals surface area contributed by atoms with E-state index in [2.05, 4.69) is 20.5 Å². The fourth-order valence-electron chi connectivity index (χ4n) is 1.52. The lowest BCUT2D eigenvalue weighted by Gasteiger charge is -2.11. The van der Waals surface area contributed by atoms with Crippen LogP contribution in [0, 0.1) is 0 Å². The predicted molar refractivity (Wildman–Crippen MR) is 53.6 cm³/mol. The van der Waals surface area contributed by atoms with Gasteiger partial charge in [-0.1, -0.05) is 11.3 Å². The molecule has 14 heavy (non-hydrogen) atoms. The van der Waals surface area contributed by atoms with Gasteiger partial charge in [0.05, 0.1) is 12.6 Å². The average molecular weight is 215 g/mol. The standard InChI is InChI=1S/C7H13N5OS/c8-9-7-11-10-6(14-7)4-12-2-1-5(13)3-12/h5,13H,1-4,8H2,(H,9,11). The number of nitrogen functional groups attached to an aromatic ring is 1. The zero-order valence-electron chi connectivity index (χ0n) is 7.68. The van der Waals surface area contributed by atoms with E-state index < -0.39 is 0 Å². The van der Waals surface area contributed by atoms with Crippen molar-refractivity contribution in [2.45, 2.75) is 19.1 Å². The molecule has 1 unspecified atom stereocenters. The number of nitrogens with two attached hydrogens (primary N) is 1. The van der Waals surface area contributed by atoms with Crippen molar-refractivity contribution >= 4 is 16.5 Å². The molecular formula is C7H13N5OS.